The van der Waals surface area contributed by atoms with Gasteiger partial charge in [-0.15, -0.1) is 0 Å². The van der Waals surface area contributed by atoms with Crippen LogP contribution in [-0.4, -0.2) is 41.9 Å². The number of hydrogen-bond donors (Lipinski definition) is 0. The monoisotopic (exact) mass is 222 g/mol. The quantitative estimate of drug-likeness (QED) is 0.667. The SMILES string of the molecule is C=C(C)N1CCN(C(=O)C(C)=C(C)C)CC1. The Labute approximate surface area is 98.4 Å². The minimum atomic E-state index is 0.182. The summed E-state index contributed by atoms with van der Waals surface area (Å²) in [7, 11) is 0. The van der Waals surface area contributed by atoms with Gasteiger partial charge >= 0.3 is 0 Å². The van der Waals surface area contributed by atoms with Gasteiger partial charge in [0.1, 0.15) is 0 Å². The molecule has 16 heavy (non-hydrogen) atoms. The number of nitrogens with zero attached hydrogens (tertiary/aromatic N) is 2. The summed E-state index contributed by atoms with van der Waals surface area (Å²) in [5.74, 6) is 0.182. The molecule has 3 nitrogen and oxygen atoms in total. The Kier molecular flexibility index (Phi) is 4.16. The van der Waals surface area contributed by atoms with Crippen LogP contribution in [0.2, 0.25) is 0 Å². The van der Waals surface area contributed by atoms with Gasteiger partial charge in [-0.3, -0.25) is 4.79 Å². The fraction of sp³-hybridized carbons (Fsp3) is 0.615. The highest BCUT2D eigenvalue weighted by molar-refractivity contribution is 5.93. The molecule has 0 atom stereocenters. The highest BCUT2D eigenvalue weighted by atomic mass is 16.2. The summed E-state index contributed by atoms with van der Waals surface area (Å²) in [5.41, 5.74) is 3.07. The average molecular weight is 222 g/mol. The molecule has 0 aromatic rings. The van der Waals surface area contributed by atoms with Crippen molar-refractivity contribution in [1.82, 2.24) is 9.80 Å². The van der Waals surface area contributed by atoms with Gasteiger partial charge in [-0.25, -0.2) is 0 Å². The molecule has 0 unspecified atom stereocenters. The summed E-state index contributed by atoms with van der Waals surface area (Å²) in [6.45, 7) is 15.2. The lowest BCUT2D eigenvalue weighted by Gasteiger charge is -2.36. The van der Waals surface area contributed by atoms with E-state index in [-0.39, 0.29) is 5.91 Å². The summed E-state index contributed by atoms with van der Waals surface area (Å²) in [4.78, 5) is 16.2. The van der Waals surface area contributed by atoms with Crippen molar-refractivity contribution in [2.75, 3.05) is 26.2 Å². The molecule has 0 saturated carbocycles. The van der Waals surface area contributed by atoms with E-state index in [1.54, 1.807) is 0 Å². The predicted octanol–water partition coefficient (Wildman–Crippen LogP) is 2.02. The number of hydrogen-bond acceptors (Lipinski definition) is 2. The molecular formula is C13H22N2O. The van der Waals surface area contributed by atoms with Crippen molar-refractivity contribution in [2.24, 2.45) is 0 Å². The van der Waals surface area contributed by atoms with Gasteiger partial charge in [0.25, 0.3) is 0 Å². The Morgan fingerprint density at radius 2 is 1.38 bits per heavy atom. The van der Waals surface area contributed by atoms with Crippen molar-refractivity contribution in [3.05, 3.63) is 23.4 Å². The zero-order chi connectivity index (χ0) is 12.3. The van der Waals surface area contributed by atoms with E-state index in [0.717, 1.165) is 43.0 Å². The van der Waals surface area contributed by atoms with Gasteiger partial charge in [0.15, 0.2) is 0 Å². The van der Waals surface area contributed by atoms with Crippen LogP contribution >= 0.6 is 0 Å². The van der Waals surface area contributed by atoms with Gasteiger partial charge < -0.3 is 9.80 Å². The molecule has 0 aliphatic carbocycles. The molecule has 0 radical (unpaired) electrons. The van der Waals surface area contributed by atoms with E-state index < -0.39 is 0 Å². The Bertz CT molecular complexity index is 319. The number of allylic oxidation sites excluding steroid dienone is 2. The third-order valence-electron chi connectivity index (χ3n) is 3.18. The van der Waals surface area contributed by atoms with E-state index in [1.807, 2.05) is 32.6 Å². The minimum Gasteiger partial charge on any atom is -0.372 e. The maximum atomic E-state index is 12.0. The zero-order valence-electron chi connectivity index (χ0n) is 10.8. The third-order valence-corrected chi connectivity index (χ3v) is 3.18. The maximum absolute atomic E-state index is 12.0. The highest BCUT2D eigenvalue weighted by Gasteiger charge is 2.21. The van der Waals surface area contributed by atoms with E-state index in [4.69, 9.17) is 0 Å². The van der Waals surface area contributed by atoms with Gasteiger partial charge in [0.2, 0.25) is 5.91 Å². The van der Waals surface area contributed by atoms with Crippen LogP contribution < -0.4 is 0 Å². The molecule has 0 spiro atoms. The molecular weight excluding hydrogens is 200 g/mol. The standard InChI is InChI=1S/C13H22N2O/c1-10(2)12(5)13(16)15-8-6-14(7-9-15)11(3)4/h3,6-9H2,1-2,4-5H3. The van der Waals surface area contributed by atoms with E-state index >= 15 is 0 Å². The Morgan fingerprint density at radius 3 is 1.75 bits per heavy atom. The second kappa shape index (κ2) is 5.19. The van der Waals surface area contributed by atoms with Crippen LogP contribution in [0.1, 0.15) is 27.7 Å². The van der Waals surface area contributed by atoms with Crippen molar-refractivity contribution in [3.8, 4) is 0 Å². The summed E-state index contributed by atoms with van der Waals surface area (Å²) in [5, 5.41) is 0. The van der Waals surface area contributed by atoms with Gasteiger partial charge in [-0.1, -0.05) is 12.2 Å². The molecule has 0 bridgehead atoms. The van der Waals surface area contributed by atoms with Crippen LogP contribution in [0.5, 0.6) is 0 Å². The van der Waals surface area contributed by atoms with Crippen LogP contribution in [0.15, 0.2) is 23.4 Å². The number of carbonyl (C=O) groups excluding carboxylic acids is 1. The van der Waals surface area contributed by atoms with Crippen LogP contribution in [0.3, 0.4) is 0 Å². The van der Waals surface area contributed by atoms with Gasteiger partial charge in [0, 0.05) is 37.4 Å². The summed E-state index contributed by atoms with van der Waals surface area (Å²) in [6, 6.07) is 0. The molecule has 3 heteroatoms. The topological polar surface area (TPSA) is 23.6 Å². The summed E-state index contributed by atoms with van der Waals surface area (Å²) in [6.07, 6.45) is 0. The van der Waals surface area contributed by atoms with E-state index in [9.17, 15) is 4.79 Å². The first kappa shape index (κ1) is 12.8. The smallest absolute Gasteiger partial charge is 0.249 e. The van der Waals surface area contributed by atoms with E-state index in [2.05, 4.69) is 11.5 Å². The lowest BCUT2D eigenvalue weighted by atomic mass is 10.1. The molecule has 1 fully saturated rings. The molecule has 0 N–H and O–H groups in total. The first-order chi connectivity index (χ1) is 7.43. The Balaban J connectivity index is 2.58. The number of carbonyl (C=O) groups is 1. The van der Waals surface area contributed by atoms with Gasteiger partial charge in [-0.05, 0) is 27.7 Å². The van der Waals surface area contributed by atoms with E-state index in [0.29, 0.717) is 0 Å². The molecule has 1 rings (SSSR count). The molecule has 1 aliphatic heterocycles. The number of piperazine rings is 1. The largest absolute Gasteiger partial charge is 0.372 e. The summed E-state index contributed by atoms with van der Waals surface area (Å²) < 4.78 is 0. The fourth-order valence-electron chi connectivity index (χ4n) is 1.74. The molecule has 0 aromatic carbocycles. The van der Waals surface area contributed by atoms with Crippen LogP contribution in [0, 0.1) is 0 Å². The van der Waals surface area contributed by atoms with E-state index in [1.165, 1.54) is 0 Å². The van der Waals surface area contributed by atoms with Crippen molar-refractivity contribution < 1.29 is 4.79 Å². The van der Waals surface area contributed by atoms with Crippen molar-refractivity contribution in [3.63, 3.8) is 0 Å². The van der Waals surface area contributed by atoms with Gasteiger partial charge in [0.05, 0.1) is 0 Å². The fourth-order valence-corrected chi connectivity index (χ4v) is 1.74. The predicted molar refractivity (Wildman–Crippen MR) is 67.0 cm³/mol. The molecule has 1 amide bonds. The first-order valence-electron chi connectivity index (χ1n) is 5.77. The van der Waals surface area contributed by atoms with Crippen LogP contribution in [0.4, 0.5) is 0 Å². The highest BCUT2D eigenvalue weighted by Crippen LogP contribution is 2.12. The molecule has 1 aliphatic rings. The van der Waals surface area contributed by atoms with Crippen LogP contribution in [-0.2, 0) is 4.79 Å². The van der Waals surface area contributed by atoms with Crippen molar-refractivity contribution >= 4 is 5.91 Å². The van der Waals surface area contributed by atoms with Crippen molar-refractivity contribution in [1.29, 1.82) is 0 Å². The molecule has 1 saturated heterocycles. The lowest BCUT2D eigenvalue weighted by Crippen LogP contribution is -2.48. The second-order valence-electron chi connectivity index (χ2n) is 4.64. The van der Waals surface area contributed by atoms with Gasteiger partial charge in [-0.2, -0.15) is 0 Å². The maximum Gasteiger partial charge on any atom is 0.249 e. The molecule has 90 valence electrons. The normalized spacial score (nSPS) is 16.0. The Morgan fingerprint density at radius 1 is 0.938 bits per heavy atom. The zero-order valence-corrected chi connectivity index (χ0v) is 10.8. The Hall–Kier alpha value is -1.25. The summed E-state index contributed by atoms with van der Waals surface area (Å²) >= 11 is 0. The lowest BCUT2D eigenvalue weighted by molar-refractivity contribution is -0.128. The average Bonchev–Trinajstić information content (AvgIpc) is 2.27. The number of rotatable bonds is 2. The van der Waals surface area contributed by atoms with Crippen LogP contribution in [0.25, 0.3) is 0 Å². The van der Waals surface area contributed by atoms with Crippen molar-refractivity contribution in [2.45, 2.75) is 27.7 Å². The third kappa shape index (κ3) is 2.87. The second-order valence-corrected chi connectivity index (χ2v) is 4.64. The number of amides is 1. The first-order valence-corrected chi connectivity index (χ1v) is 5.77. The molecule has 0 aromatic heterocycles. The molecule has 1 heterocycles. The minimum absolute atomic E-state index is 0.182.